The molecule has 0 aliphatic heterocycles. The van der Waals surface area contributed by atoms with Gasteiger partial charge in [0.2, 0.25) is 0 Å². The molecule has 1 atom stereocenters. The van der Waals surface area contributed by atoms with E-state index in [1.807, 2.05) is 36.4 Å². The van der Waals surface area contributed by atoms with Crippen molar-refractivity contribution in [2.75, 3.05) is 7.11 Å². The van der Waals surface area contributed by atoms with Crippen molar-refractivity contribution < 1.29 is 13.6 Å². The summed E-state index contributed by atoms with van der Waals surface area (Å²) < 4.78 is 20.6. The molecule has 0 aliphatic carbocycles. The molecule has 1 unspecified atom stereocenters. The zero-order valence-corrected chi connectivity index (χ0v) is 10.1. The highest BCUT2D eigenvalue weighted by atomic mass is 31.1. The van der Waals surface area contributed by atoms with Crippen LogP contribution in [0, 0.1) is 0 Å². The average molecular weight is 248 g/mol. The summed E-state index contributed by atoms with van der Waals surface area (Å²) in [4.78, 5) is 4.24. The Kier molecular flexibility index (Phi) is 3.81. The zero-order valence-electron chi connectivity index (χ0n) is 9.24. The summed E-state index contributed by atoms with van der Waals surface area (Å²) in [5.74, 6) is 0.286. The van der Waals surface area contributed by atoms with Crippen molar-refractivity contribution >= 4 is 8.25 Å². The van der Waals surface area contributed by atoms with E-state index in [1.165, 1.54) is 7.11 Å². The highest BCUT2D eigenvalue weighted by Crippen LogP contribution is 2.27. The molecule has 0 radical (unpaired) electrons. The average Bonchev–Trinajstić information content (AvgIpc) is 2.40. The number of hydrogen-bond acceptors (Lipinski definition) is 4. The minimum atomic E-state index is -2.15. The van der Waals surface area contributed by atoms with Crippen LogP contribution in [0.25, 0.3) is 11.3 Å². The van der Waals surface area contributed by atoms with E-state index in [4.69, 9.17) is 4.52 Å². The van der Waals surface area contributed by atoms with Crippen molar-refractivity contribution in [3.63, 3.8) is 0 Å². The second-order valence-electron chi connectivity index (χ2n) is 3.22. The van der Waals surface area contributed by atoms with Crippen molar-refractivity contribution in [1.29, 1.82) is 0 Å². The Hall–Kier alpha value is -1.77. The Morgan fingerprint density at radius 3 is 2.53 bits per heavy atom. The van der Waals surface area contributed by atoms with E-state index in [9.17, 15) is 4.57 Å². The Balaban J connectivity index is 2.26. The first-order valence-electron chi connectivity index (χ1n) is 5.01. The quantitative estimate of drug-likeness (QED) is 0.778. The molecule has 1 heterocycles. The molecule has 0 saturated carbocycles. The maximum atomic E-state index is 11.1. The summed E-state index contributed by atoms with van der Waals surface area (Å²) in [6.45, 7) is 0. The van der Waals surface area contributed by atoms with Crippen molar-refractivity contribution in [3.05, 3.63) is 48.5 Å². The highest BCUT2D eigenvalue weighted by molar-refractivity contribution is 7.33. The van der Waals surface area contributed by atoms with Crippen molar-refractivity contribution in [1.82, 2.24) is 4.98 Å². The van der Waals surface area contributed by atoms with Crippen LogP contribution in [-0.2, 0) is 9.09 Å². The van der Waals surface area contributed by atoms with Crippen LogP contribution in [0.1, 0.15) is 0 Å². The van der Waals surface area contributed by atoms with Crippen LogP contribution in [0.5, 0.6) is 5.88 Å². The molecule has 86 valence electrons. The van der Waals surface area contributed by atoms with E-state index in [1.54, 1.807) is 12.1 Å². The molecule has 1 aromatic heterocycles. The normalized spacial score (nSPS) is 11.0. The number of aromatic nitrogens is 1. The minimum Gasteiger partial charge on any atom is -0.209 e. The Morgan fingerprint density at radius 1 is 1.06 bits per heavy atom. The topological polar surface area (TPSA) is 48.4 Å². The van der Waals surface area contributed by atoms with Gasteiger partial charge in [0.05, 0.1) is 12.8 Å². The van der Waals surface area contributed by atoms with Crippen LogP contribution < -0.4 is 4.52 Å². The van der Waals surface area contributed by atoms with Crippen molar-refractivity contribution in [3.8, 4) is 17.1 Å². The monoisotopic (exact) mass is 248 g/mol. The number of hydrogen-bond donors (Lipinski definition) is 0. The van der Waals surface area contributed by atoms with Crippen LogP contribution in [-0.4, -0.2) is 12.1 Å². The van der Waals surface area contributed by atoms with Crippen LogP contribution in [0.4, 0.5) is 0 Å². The molecule has 0 N–H and O–H groups in total. The van der Waals surface area contributed by atoms with Gasteiger partial charge < -0.3 is 0 Å². The molecule has 0 amide bonds. The molecule has 0 saturated heterocycles. The lowest BCUT2D eigenvalue weighted by molar-refractivity contribution is 0.345. The molecule has 0 fully saturated rings. The summed E-state index contributed by atoms with van der Waals surface area (Å²) >= 11 is 0. The molecule has 5 heteroatoms. The van der Waals surface area contributed by atoms with Gasteiger partial charge in [-0.2, -0.15) is 0 Å². The van der Waals surface area contributed by atoms with Gasteiger partial charge in [-0.25, -0.2) is 9.51 Å². The van der Waals surface area contributed by atoms with Crippen LogP contribution >= 0.6 is 8.25 Å². The fourth-order valence-electron chi connectivity index (χ4n) is 1.35. The van der Waals surface area contributed by atoms with Crippen molar-refractivity contribution in [2.45, 2.75) is 0 Å². The van der Waals surface area contributed by atoms with E-state index in [0.717, 1.165) is 11.3 Å². The van der Waals surface area contributed by atoms with Gasteiger partial charge in [-0.3, -0.25) is 0 Å². The van der Waals surface area contributed by atoms with Gasteiger partial charge in [-0.1, -0.05) is 36.4 Å². The van der Waals surface area contributed by atoms with Crippen molar-refractivity contribution in [2.24, 2.45) is 0 Å². The third-order valence-electron chi connectivity index (χ3n) is 2.11. The van der Waals surface area contributed by atoms with Gasteiger partial charge in [0.1, 0.15) is 0 Å². The maximum absolute atomic E-state index is 11.1. The van der Waals surface area contributed by atoms with Crippen LogP contribution in [0.15, 0.2) is 48.5 Å². The van der Waals surface area contributed by atoms with Gasteiger partial charge in [0.15, 0.2) is 0 Å². The number of benzene rings is 1. The van der Waals surface area contributed by atoms with Gasteiger partial charge in [-0.05, 0) is 6.07 Å². The van der Waals surface area contributed by atoms with E-state index in [2.05, 4.69) is 9.51 Å². The lowest BCUT2D eigenvalue weighted by Crippen LogP contribution is -1.89. The zero-order chi connectivity index (χ0) is 12.1. The predicted octanol–water partition coefficient (Wildman–Crippen LogP) is 3.43. The largest absolute Gasteiger partial charge is 0.751 e. The number of pyridine rings is 1. The SMILES string of the molecule is CO[P+](=O)Oc1cccc(-c2ccccc2)n1. The number of nitrogens with zero attached hydrogens (tertiary/aromatic N) is 1. The Labute approximate surface area is 100 Å². The third-order valence-corrected chi connectivity index (χ3v) is 2.74. The summed E-state index contributed by atoms with van der Waals surface area (Å²) in [6, 6.07) is 15.0. The summed E-state index contributed by atoms with van der Waals surface area (Å²) in [5.41, 5.74) is 1.74. The smallest absolute Gasteiger partial charge is 0.209 e. The van der Waals surface area contributed by atoms with Gasteiger partial charge >= 0.3 is 8.25 Å². The molecule has 17 heavy (non-hydrogen) atoms. The minimum absolute atomic E-state index is 0.286. The fraction of sp³-hybridized carbons (Fsp3) is 0.0833. The predicted molar refractivity (Wildman–Crippen MR) is 64.9 cm³/mol. The molecule has 0 spiro atoms. The second-order valence-corrected chi connectivity index (χ2v) is 4.22. The van der Waals surface area contributed by atoms with Crippen LogP contribution in [0.3, 0.4) is 0 Å². The first-order chi connectivity index (χ1) is 8.29. The lowest BCUT2D eigenvalue weighted by atomic mass is 10.1. The van der Waals surface area contributed by atoms with E-state index in [-0.39, 0.29) is 5.88 Å². The Bertz CT molecular complexity index is 516. The van der Waals surface area contributed by atoms with Gasteiger partial charge in [-0.15, -0.1) is 4.52 Å². The fourth-order valence-corrected chi connectivity index (χ4v) is 1.68. The molecule has 2 rings (SSSR count). The first-order valence-corrected chi connectivity index (χ1v) is 6.11. The van der Waals surface area contributed by atoms with Crippen LogP contribution in [0.2, 0.25) is 0 Å². The van der Waals surface area contributed by atoms with E-state index in [0.29, 0.717) is 0 Å². The summed E-state index contributed by atoms with van der Waals surface area (Å²) in [6.07, 6.45) is 0. The molecule has 1 aromatic carbocycles. The summed E-state index contributed by atoms with van der Waals surface area (Å²) in [5, 5.41) is 0. The molecule has 0 aliphatic rings. The van der Waals surface area contributed by atoms with Gasteiger partial charge in [0, 0.05) is 16.2 Å². The first kappa shape index (κ1) is 11.7. The lowest BCUT2D eigenvalue weighted by Gasteiger charge is -2.00. The third kappa shape index (κ3) is 3.09. The molecule has 2 aromatic rings. The molecular formula is C12H11NO3P+. The van der Waals surface area contributed by atoms with E-state index < -0.39 is 8.25 Å². The highest BCUT2D eigenvalue weighted by Gasteiger charge is 2.20. The number of rotatable bonds is 4. The standard InChI is InChI=1S/C12H11NO3P/c1-15-17(14)16-12-9-5-8-11(13-12)10-6-3-2-4-7-10/h2-9H,1H3/q+1. The van der Waals surface area contributed by atoms with E-state index >= 15 is 0 Å². The second kappa shape index (κ2) is 5.53. The molecule has 0 bridgehead atoms. The molecular weight excluding hydrogens is 237 g/mol. The molecule has 4 nitrogen and oxygen atoms in total. The maximum Gasteiger partial charge on any atom is 0.751 e. The Morgan fingerprint density at radius 2 is 1.82 bits per heavy atom. The summed E-state index contributed by atoms with van der Waals surface area (Å²) in [7, 11) is -0.829. The van der Waals surface area contributed by atoms with Gasteiger partial charge in [0.25, 0.3) is 5.88 Å².